The van der Waals surface area contributed by atoms with Crippen LogP contribution in [0.3, 0.4) is 0 Å². The predicted molar refractivity (Wildman–Crippen MR) is 68.6 cm³/mol. The Kier molecular flexibility index (Phi) is 4.72. The number of hydrogen-bond acceptors (Lipinski definition) is 2. The molecule has 1 N–H and O–H groups in total. The molecule has 1 saturated carbocycles. The van der Waals surface area contributed by atoms with Crippen LogP contribution >= 0.6 is 0 Å². The number of hydrogen-bond donors (Lipinski definition) is 1. The van der Waals surface area contributed by atoms with Crippen molar-refractivity contribution in [2.45, 2.75) is 53.4 Å². The van der Waals surface area contributed by atoms with Crippen molar-refractivity contribution in [3.63, 3.8) is 0 Å². The summed E-state index contributed by atoms with van der Waals surface area (Å²) in [5, 5.41) is 2.95. The summed E-state index contributed by atoms with van der Waals surface area (Å²) < 4.78 is 0. The van der Waals surface area contributed by atoms with Gasteiger partial charge in [-0.2, -0.15) is 0 Å². The Bertz CT molecular complexity index is 293. The Morgan fingerprint density at radius 1 is 1.35 bits per heavy atom. The van der Waals surface area contributed by atoms with Gasteiger partial charge in [-0.25, -0.2) is 0 Å². The molecular formula is C14H25NO2. The van der Waals surface area contributed by atoms with Crippen LogP contribution in [0.5, 0.6) is 0 Å². The maximum absolute atomic E-state index is 12.1. The lowest BCUT2D eigenvalue weighted by Gasteiger charge is -2.23. The summed E-state index contributed by atoms with van der Waals surface area (Å²) in [5.74, 6) is 1.03. The van der Waals surface area contributed by atoms with Gasteiger partial charge in [0.1, 0.15) is 5.78 Å². The summed E-state index contributed by atoms with van der Waals surface area (Å²) in [6.07, 6.45) is 4.39. The molecule has 0 aliphatic heterocycles. The molecule has 1 aliphatic rings. The van der Waals surface area contributed by atoms with Gasteiger partial charge in [0.05, 0.1) is 0 Å². The fourth-order valence-corrected chi connectivity index (χ4v) is 1.95. The van der Waals surface area contributed by atoms with Crippen molar-refractivity contribution >= 4 is 11.7 Å². The number of ketones is 1. The molecule has 1 rings (SSSR count). The molecule has 3 nitrogen and oxygen atoms in total. The number of amides is 1. The highest BCUT2D eigenvalue weighted by Crippen LogP contribution is 2.39. The van der Waals surface area contributed by atoms with Crippen molar-refractivity contribution in [1.82, 2.24) is 5.32 Å². The maximum atomic E-state index is 12.1. The quantitative estimate of drug-likeness (QED) is 0.742. The molecule has 1 unspecified atom stereocenters. The van der Waals surface area contributed by atoms with Crippen LogP contribution in [0, 0.1) is 17.3 Å². The van der Waals surface area contributed by atoms with Gasteiger partial charge < -0.3 is 5.32 Å². The number of carbonyl (C=O) groups is 2. The highest BCUT2D eigenvalue weighted by atomic mass is 16.2. The van der Waals surface area contributed by atoms with Crippen molar-refractivity contribution in [1.29, 1.82) is 0 Å². The molecule has 1 atom stereocenters. The van der Waals surface area contributed by atoms with Crippen LogP contribution in [-0.4, -0.2) is 18.2 Å². The Balaban J connectivity index is 2.44. The van der Waals surface area contributed by atoms with Crippen molar-refractivity contribution < 1.29 is 9.59 Å². The lowest BCUT2D eigenvalue weighted by molar-refractivity contribution is -0.128. The second-order valence-corrected chi connectivity index (χ2v) is 5.89. The highest BCUT2D eigenvalue weighted by molar-refractivity contribution is 5.84. The van der Waals surface area contributed by atoms with E-state index in [0.717, 1.165) is 12.8 Å². The lowest BCUT2D eigenvalue weighted by atomic mass is 9.88. The molecule has 0 aromatic heterocycles. The van der Waals surface area contributed by atoms with E-state index in [-0.39, 0.29) is 17.6 Å². The molecule has 1 aliphatic carbocycles. The largest absolute Gasteiger partial charge is 0.355 e. The van der Waals surface area contributed by atoms with Crippen molar-refractivity contribution in [3.8, 4) is 0 Å². The molecule has 0 radical (unpaired) electrons. The molecule has 3 heteroatoms. The molecule has 1 amide bonds. The van der Waals surface area contributed by atoms with Gasteiger partial charge in [-0.1, -0.05) is 27.2 Å². The van der Waals surface area contributed by atoms with E-state index < -0.39 is 5.41 Å². The van der Waals surface area contributed by atoms with Gasteiger partial charge in [0.15, 0.2) is 0 Å². The minimum absolute atomic E-state index is 0.122. The van der Waals surface area contributed by atoms with E-state index >= 15 is 0 Å². The zero-order valence-corrected chi connectivity index (χ0v) is 11.5. The normalized spacial score (nSPS) is 17.6. The first-order valence-electron chi connectivity index (χ1n) is 6.67. The number of carbonyl (C=O) groups excluding carboxylic acids is 2. The Hall–Kier alpha value is -0.860. The molecule has 1 fully saturated rings. The fourth-order valence-electron chi connectivity index (χ4n) is 1.95. The van der Waals surface area contributed by atoms with E-state index in [2.05, 4.69) is 12.2 Å². The Labute approximate surface area is 104 Å². The first-order chi connectivity index (χ1) is 7.88. The van der Waals surface area contributed by atoms with Crippen LogP contribution in [-0.2, 0) is 9.59 Å². The average molecular weight is 239 g/mol. The van der Waals surface area contributed by atoms with E-state index in [0.29, 0.717) is 12.5 Å². The van der Waals surface area contributed by atoms with Gasteiger partial charge in [0, 0.05) is 17.9 Å². The van der Waals surface area contributed by atoms with Gasteiger partial charge in [-0.15, -0.1) is 0 Å². The second-order valence-electron chi connectivity index (χ2n) is 5.89. The third-order valence-electron chi connectivity index (χ3n) is 3.79. The van der Waals surface area contributed by atoms with Gasteiger partial charge in [-0.3, -0.25) is 9.59 Å². The number of nitrogens with one attached hydrogen (secondary N) is 1. The van der Waals surface area contributed by atoms with Crippen LogP contribution in [0.4, 0.5) is 0 Å². The summed E-state index contributed by atoms with van der Waals surface area (Å²) in [5.41, 5.74) is -0.448. The van der Waals surface area contributed by atoms with E-state index in [1.54, 1.807) is 6.92 Å². The van der Waals surface area contributed by atoms with Crippen molar-refractivity contribution in [3.05, 3.63) is 0 Å². The molecule has 0 heterocycles. The van der Waals surface area contributed by atoms with Gasteiger partial charge in [0.2, 0.25) is 5.91 Å². The van der Waals surface area contributed by atoms with E-state index in [1.807, 2.05) is 13.8 Å². The first-order valence-corrected chi connectivity index (χ1v) is 6.67. The van der Waals surface area contributed by atoms with Gasteiger partial charge in [0.25, 0.3) is 0 Å². The molecule has 98 valence electrons. The third kappa shape index (κ3) is 4.14. The zero-order valence-electron chi connectivity index (χ0n) is 11.5. The SMILES string of the molecule is CCCC(C(=O)NCC(C)(C)C(C)=O)C1CC1. The molecule has 0 bridgehead atoms. The highest BCUT2D eigenvalue weighted by Gasteiger charge is 2.36. The Morgan fingerprint density at radius 3 is 2.35 bits per heavy atom. The monoisotopic (exact) mass is 239 g/mol. The van der Waals surface area contributed by atoms with Gasteiger partial charge in [-0.05, 0) is 32.1 Å². The lowest BCUT2D eigenvalue weighted by Crippen LogP contribution is -2.41. The summed E-state index contributed by atoms with van der Waals surface area (Å²) in [7, 11) is 0. The van der Waals surface area contributed by atoms with E-state index in [1.165, 1.54) is 12.8 Å². The maximum Gasteiger partial charge on any atom is 0.223 e. The van der Waals surface area contributed by atoms with Gasteiger partial charge >= 0.3 is 0 Å². The van der Waals surface area contributed by atoms with Crippen LogP contribution in [0.25, 0.3) is 0 Å². The molecular weight excluding hydrogens is 214 g/mol. The van der Waals surface area contributed by atoms with Crippen LogP contribution in [0.15, 0.2) is 0 Å². The van der Waals surface area contributed by atoms with Crippen LogP contribution in [0.1, 0.15) is 53.4 Å². The topological polar surface area (TPSA) is 46.2 Å². The summed E-state index contributed by atoms with van der Waals surface area (Å²) in [4.78, 5) is 23.4. The van der Waals surface area contributed by atoms with E-state index in [4.69, 9.17) is 0 Å². The number of rotatable bonds is 7. The number of Topliss-reactive ketones (excluding diaryl/α,β-unsaturated/α-hetero) is 1. The molecule has 0 aromatic rings. The Morgan fingerprint density at radius 2 is 1.94 bits per heavy atom. The minimum atomic E-state index is -0.448. The zero-order chi connectivity index (χ0) is 13.1. The first kappa shape index (κ1) is 14.2. The fraction of sp³-hybridized carbons (Fsp3) is 0.857. The van der Waals surface area contributed by atoms with Crippen LogP contribution in [0.2, 0.25) is 0 Å². The molecule has 0 aromatic carbocycles. The molecule has 0 saturated heterocycles. The molecule has 0 spiro atoms. The summed E-state index contributed by atoms with van der Waals surface area (Å²) in [6, 6.07) is 0. The van der Waals surface area contributed by atoms with Crippen LogP contribution < -0.4 is 5.32 Å². The van der Waals surface area contributed by atoms with E-state index in [9.17, 15) is 9.59 Å². The van der Waals surface area contributed by atoms with Crippen molar-refractivity contribution in [2.24, 2.45) is 17.3 Å². The minimum Gasteiger partial charge on any atom is -0.355 e. The molecule has 17 heavy (non-hydrogen) atoms. The van der Waals surface area contributed by atoms with Crippen molar-refractivity contribution in [2.75, 3.05) is 6.54 Å². The average Bonchev–Trinajstić information content (AvgIpc) is 3.06. The second kappa shape index (κ2) is 5.65. The smallest absolute Gasteiger partial charge is 0.223 e. The third-order valence-corrected chi connectivity index (χ3v) is 3.79. The summed E-state index contributed by atoms with van der Waals surface area (Å²) in [6.45, 7) is 7.90. The summed E-state index contributed by atoms with van der Waals surface area (Å²) >= 11 is 0. The predicted octanol–water partition coefficient (Wildman–Crippen LogP) is 2.54. The standard InChI is InChI=1S/C14H25NO2/c1-5-6-12(11-7-8-11)13(17)15-9-14(3,4)10(2)16/h11-12H,5-9H2,1-4H3,(H,15,17).